The van der Waals surface area contributed by atoms with Crippen LogP contribution in [-0.4, -0.2) is 38.9 Å². The lowest BCUT2D eigenvalue weighted by Gasteiger charge is -2.33. The van der Waals surface area contributed by atoms with Crippen LogP contribution in [0.25, 0.3) is 0 Å². The number of nitriles is 1. The molecule has 0 fully saturated rings. The van der Waals surface area contributed by atoms with Crippen molar-refractivity contribution in [3.63, 3.8) is 0 Å². The van der Waals surface area contributed by atoms with Gasteiger partial charge in [-0.3, -0.25) is 4.79 Å². The average Bonchev–Trinajstić information content (AvgIpc) is 2.96. The molecule has 1 amide bonds. The van der Waals surface area contributed by atoms with Gasteiger partial charge < -0.3 is 20.5 Å². The summed E-state index contributed by atoms with van der Waals surface area (Å²) < 4.78 is 5.61. The fourth-order valence-corrected chi connectivity index (χ4v) is 5.36. The second kappa shape index (κ2) is 9.58. The zero-order valence-corrected chi connectivity index (χ0v) is 20.8. The number of nitrogens with zero attached hydrogens (tertiary/aromatic N) is 2. The molecule has 7 heteroatoms. The minimum atomic E-state index is -0.862. The van der Waals surface area contributed by atoms with Crippen molar-refractivity contribution in [2.45, 2.75) is 64.0 Å². The monoisotopic (exact) mass is 467 g/mol. The van der Waals surface area contributed by atoms with Crippen molar-refractivity contribution in [2.75, 3.05) is 11.5 Å². The number of hydrogen-bond donors (Lipinski definition) is 3. The van der Waals surface area contributed by atoms with E-state index >= 15 is 0 Å². The largest absolute Gasteiger partial charge is 0.484 e. The second-order valence-corrected chi connectivity index (χ2v) is 12.1. The van der Waals surface area contributed by atoms with Crippen molar-refractivity contribution in [1.29, 1.82) is 5.26 Å². The molecule has 0 saturated carbocycles. The maximum atomic E-state index is 11.2. The molecule has 6 nitrogen and oxygen atoms in total. The molecule has 1 atom stereocenters. The molecule has 0 radical (unpaired) electrons. The van der Waals surface area contributed by atoms with E-state index in [0.29, 0.717) is 24.3 Å². The van der Waals surface area contributed by atoms with Gasteiger partial charge in [-0.1, -0.05) is 32.9 Å². The molecule has 0 spiro atoms. The van der Waals surface area contributed by atoms with E-state index in [1.54, 1.807) is 0 Å². The summed E-state index contributed by atoms with van der Waals surface area (Å²) in [7, 11) is 0. The highest BCUT2D eigenvalue weighted by Crippen LogP contribution is 2.41. The maximum absolute atomic E-state index is 11.2. The second-order valence-electron chi connectivity index (χ2n) is 10.1. The van der Waals surface area contributed by atoms with Gasteiger partial charge in [0, 0.05) is 33.8 Å². The Morgan fingerprint density at radius 2 is 1.85 bits per heavy atom. The number of rotatable bonds is 7. The number of amides is 1. The third kappa shape index (κ3) is 6.59. The predicted molar refractivity (Wildman–Crippen MR) is 136 cm³/mol. The van der Waals surface area contributed by atoms with Crippen LogP contribution in [0, 0.1) is 11.3 Å². The first-order valence-electron chi connectivity index (χ1n) is 11.0. The Kier molecular flexibility index (Phi) is 7.20. The fraction of sp³-hybridized carbons (Fsp3) is 0.423. The Morgan fingerprint density at radius 1 is 1.18 bits per heavy atom. The molecule has 176 valence electrons. The number of benzene rings is 2. The molecular weight excluding hydrogens is 434 g/mol. The highest BCUT2D eigenvalue weighted by atomic mass is 32.1. The molecule has 0 saturated heterocycles. The van der Waals surface area contributed by atoms with E-state index in [4.69, 9.17) is 15.7 Å². The SMILES string of the molecule is CC(C)(O)CC1C(=[SH]C(C)(C)C)c2cc(OCC(N)=O)ccc2N1Cc1ccc(C#N)cc1. The van der Waals surface area contributed by atoms with E-state index in [1.165, 1.54) is 4.86 Å². The summed E-state index contributed by atoms with van der Waals surface area (Å²) in [6.07, 6.45) is 0.563. The number of primary amides is 1. The van der Waals surface area contributed by atoms with Gasteiger partial charge >= 0.3 is 0 Å². The van der Waals surface area contributed by atoms with Gasteiger partial charge in [0.25, 0.3) is 5.91 Å². The Balaban J connectivity index is 2.10. The number of nitrogens with two attached hydrogens (primary N) is 1. The number of ether oxygens (including phenoxy) is 1. The number of thiol groups is 1. The van der Waals surface area contributed by atoms with Crippen LogP contribution >= 0.6 is 11.4 Å². The van der Waals surface area contributed by atoms with Gasteiger partial charge in [-0.25, -0.2) is 0 Å². The van der Waals surface area contributed by atoms with Crippen LogP contribution in [0.5, 0.6) is 5.75 Å². The van der Waals surface area contributed by atoms with Crippen LogP contribution in [0.3, 0.4) is 0 Å². The van der Waals surface area contributed by atoms with Gasteiger partial charge in [-0.05, 0) is 49.7 Å². The van der Waals surface area contributed by atoms with Crippen molar-refractivity contribution in [1.82, 2.24) is 0 Å². The van der Waals surface area contributed by atoms with Crippen LogP contribution in [0.4, 0.5) is 5.69 Å². The Hall–Kier alpha value is -2.82. The van der Waals surface area contributed by atoms with E-state index in [-0.39, 0.29) is 17.4 Å². The van der Waals surface area contributed by atoms with Gasteiger partial charge in [0.1, 0.15) is 5.75 Å². The number of carbonyl (C=O) groups excluding carboxylic acids is 1. The van der Waals surface area contributed by atoms with Gasteiger partial charge in [0.15, 0.2) is 6.61 Å². The van der Waals surface area contributed by atoms with E-state index in [0.717, 1.165) is 28.2 Å². The first-order chi connectivity index (χ1) is 15.4. The predicted octanol–water partition coefficient (Wildman–Crippen LogP) is 3.76. The normalized spacial score (nSPS) is 17.3. The smallest absolute Gasteiger partial charge is 0.255 e. The quantitative estimate of drug-likeness (QED) is 0.425. The van der Waals surface area contributed by atoms with E-state index in [1.807, 2.05) is 56.3 Å². The zero-order valence-electron chi connectivity index (χ0n) is 19.9. The number of carbonyl (C=O) groups is 1. The minimum absolute atomic E-state index is 0.0112. The Bertz CT molecular complexity index is 1090. The minimum Gasteiger partial charge on any atom is -0.484 e. The Morgan fingerprint density at radius 3 is 2.39 bits per heavy atom. The van der Waals surface area contributed by atoms with Crippen molar-refractivity contribution < 1.29 is 14.6 Å². The summed E-state index contributed by atoms with van der Waals surface area (Å²) in [5.74, 6) is 0.0752. The molecule has 0 aromatic heterocycles. The van der Waals surface area contributed by atoms with E-state index < -0.39 is 11.5 Å². The molecule has 0 aliphatic carbocycles. The molecule has 33 heavy (non-hydrogen) atoms. The summed E-state index contributed by atoms with van der Waals surface area (Å²) in [4.78, 5) is 14.7. The Labute approximate surface area is 199 Å². The number of hydrogen-bond acceptors (Lipinski definition) is 5. The highest BCUT2D eigenvalue weighted by molar-refractivity contribution is 8.00. The van der Waals surface area contributed by atoms with Crippen molar-refractivity contribution in [3.8, 4) is 11.8 Å². The number of fused-ring (bicyclic) bond motifs is 1. The van der Waals surface area contributed by atoms with Crippen LogP contribution in [0.15, 0.2) is 42.5 Å². The summed E-state index contributed by atoms with van der Waals surface area (Å²) in [6.45, 7) is 10.7. The zero-order chi connectivity index (χ0) is 24.4. The molecular formula is C26H33N3O3S. The highest BCUT2D eigenvalue weighted by Gasteiger charge is 2.38. The van der Waals surface area contributed by atoms with E-state index in [2.05, 4.69) is 31.7 Å². The number of aliphatic hydroxyl groups is 1. The number of anilines is 1. The van der Waals surface area contributed by atoms with Gasteiger partial charge in [-0.15, -0.1) is 0 Å². The molecule has 0 bridgehead atoms. The lowest BCUT2D eigenvalue weighted by Crippen LogP contribution is -2.41. The topological polar surface area (TPSA) is 99.6 Å². The molecule has 1 aliphatic rings. The van der Waals surface area contributed by atoms with Crippen molar-refractivity contribution in [3.05, 3.63) is 59.2 Å². The summed E-state index contributed by atoms with van der Waals surface area (Å²) in [6, 6.07) is 15.6. The third-order valence-electron chi connectivity index (χ3n) is 5.21. The molecule has 1 heterocycles. The first-order valence-corrected chi connectivity index (χ1v) is 11.9. The standard InChI is InChI=1S/C26H33N3O3S/c1-25(2,3)33-24-20-12-19(32-16-23(28)30)10-11-21(20)29(22(24)13-26(4,5)31)15-18-8-6-17(14-27)7-9-18/h6-12,22,31,33H,13,15-16H2,1-5H3,(H2,28,30). The van der Waals surface area contributed by atoms with Crippen LogP contribution in [0.2, 0.25) is 0 Å². The molecule has 2 aromatic rings. The maximum Gasteiger partial charge on any atom is 0.255 e. The summed E-state index contributed by atoms with van der Waals surface area (Å²) in [5, 5.41) is 19.9. The average molecular weight is 468 g/mol. The molecule has 1 aliphatic heterocycles. The lowest BCUT2D eigenvalue weighted by atomic mass is 9.96. The molecule has 1 unspecified atom stereocenters. The molecule has 3 N–H and O–H groups in total. The van der Waals surface area contributed by atoms with Gasteiger partial charge in [-0.2, -0.15) is 16.6 Å². The van der Waals surface area contributed by atoms with Crippen molar-refractivity contribution >= 4 is 27.8 Å². The van der Waals surface area contributed by atoms with Crippen molar-refractivity contribution in [2.24, 2.45) is 5.73 Å². The first kappa shape index (κ1) is 24.8. The van der Waals surface area contributed by atoms with Crippen LogP contribution in [-0.2, 0) is 11.3 Å². The molecule has 3 rings (SSSR count). The third-order valence-corrected chi connectivity index (χ3v) is 6.66. The lowest BCUT2D eigenvalue weighted by molar-refractivity contribution is -0.119. The van der Waals surface area contributed by atoms with E-state index in [9.17, 15) is 9.90 Å². The summed E-state index contributed by atoms with van der Waals surface area (Å²) in [5.41, 5.74) is 8.24. The van der Waals surface area contributed by atoms with Crippen LogP contribution in [0.1, 0.15) is 57.7 Å². The van der Waals surface area contributed by atoms with Crippen LogP contribution < -0.4 is 15.4 Å². The molecule has 2 aromatic carbocycles. The van der Waals surface area contributed by atoms with Gasteiger partial charge in [0.2, 0.25) is 0 Å². The van der Waals surface area contributed by atoms with Gasteiger partial charge in [0.05, 0.1) is 23.3 Å². The summed E-state index contributed by atoms with van der Waals surface area (Å²) >= 11 is 1.16. The fourth-order valence-electron chi connectivity index (χ4n) is 3.96.